The summed E-state index contributed by atoms with van der Waals surface area (Å²) in [5.41, 5.74) is 4.91. The molecule has 5 nitrogen and oxygen atoms in total. The zero-order valence-corrected chi connectivity index (χ0v) is 15.3. The number of methoxy groups -OCH3 is 2. The number of anilines is 1. The molecule has 4 rings (SSSR count). The number of oxazole rings is 1. The molecule has 0 aliphatic rings. The summed E-state index contributed by atoms with van der Waals surface area (Å²) < 4.78 is 16.4. The lowest BCUT2D eigenvalue weighted by Crippen LogP contribution is -2.02. The summed E-state index contributed by atoms with van der Waals surface area (Å²) in [6, 6.07) is 14.3. The third-order valence-electron chi connectivity index (χ3n) is 4.17. The lowest BCUT2D eigenvalue weighted by atomic mass is 10.1. The van der Waals surface area contributed by atoms with Gasteiger partial charge in [-0.1, -0.05) is 6.07 Å². The van der Waals surface area contributed by atoms with Gasteiger partial charge in [-0.15, -0.1) is 0 Å². The molecule has 0 fully saturated rings. The summed E-state index contributed by atoms with van der Waals surface area (Å²) in [7, 11) is 3.28. The summed E-state index contributed by atoms with van der Waals surface area (Å²) in [5, 5.41) is 7.41. The predicted molar refractivity (Wildman–Crippen MR) is 104 cm³/mol. The molecule has 4 aromatic rings. The summed E-state index contributed by atoms with van der Waals surface area (Å²) in [5.74, 6) is 1.51. The highest BCUT2D eigenvalue weighted by molar-refractivity contribution is 7.08. The van der Waals surface area contributed by atoms with Gasteiger partial charge in [-0.3, -0.25) is 0 Å². The third-order valence-corrected chi connectivity index (χ3v) is 4.85. The van der Waals surface area contributed by atoms with Crippen LogP contribution in [-0.2, 0) is 6.54 Å². The molecule has 2 aromatic heterocycles. The Hall–Kier alpha value is -2.99. The molecule has 0 aliphatic carbocycles. The second kappa shape index (κ2) is 7.09. The van der Waals surface area contributed by atoms with Crippen LogP contribution in [0.4, 0.5) is 6.01 Å². The number of ether oxygens (including phenoxy) is 2. The Morgan fingerprint density at radius 2 is 1.96 bits per heavy atom. The minimum absolute atomic E-state index is 0.486. The Morgan fingerprint density at radius 3 is 2.73 bits per heavy atom. The molecule has 0 aliphatic heterocycles. The Labute approximate surface area is 155 Å². The first kappa shape index (κ1) is 16.5. The Morgan fingerprint density at radius 1 is 1.04 bits per heavy atom. The summed E-state index contributed by atoms with van der Waals surface area (Å²) >= 11 is 1.68. The fourth-order valence-corrected chi connectivity index (χ4v) is 3.45. The second-order valence-electron chi connectivity index (χ2n) is 5.74. The van der Waals surface area contributed by atoms with E-state index < -0.39 is 0 Å². The molecule has 2 aromatic carbocycles. The van der Waals surface area contributed by atoms with Crippen LogP contribution in [0.2, 0.25) is 0 Å². The predicted octanol–water partition coefficient (Wildman–Crippen LogP) is 5.19. The van der Waals surface area contributed by atoms with Crippen LogP contribution in [0.3, 0.4) is 0 Å². The van der Waals surface area contributed by atoms with E-state index in [1.165, 1.54) is 5.56 Å². The van der Waals surface area contributed by atoms with Crippen LogP contribution in [0.15, 0.2) is 57.6 Å². The van der Waals surface area contributed by atoms with Crippen LogP contribution in [0.25, 0.3) is 22.2 Å². The fourth-order valence-electron chi connectivity index (χ4n) is 2.78. The van der Waals surface area contributed by atoms with Crippen LogP contribution < -0.4 is 14.8 Å². The molecule has 0 spiro atoms. The Kier molecular flexibility index (Phi) is 4.50. The van der Waals surface area contributed by atoms with E-state index in [0.29, 0.717) is 12.6 Å². The molecule has 2 heterocycles. The smallest absolute Gasteiger partial charge is 0.295 e. The number of hydrogen-bond acceptors (Lipinski definition) is 6. The van der Waals surface area contributed by atoms with E-state index in [1.54, 1.807) is 25.6 Å². The zero-order valence-electron chi connectivity index (χ0n) is 14.5. The van der Waals surface area contributed by atoms with Gasteiger partial charge in [0, 0.05) is 18.2 Å². The first-order chi connectivity index (χ1) is 12.8. The largest absolute Gasteiger partial charge is 0.497 e. The average molecular weight is 366 g/mol. The molecular weight excluding hydrogens is 348 g/mol. The number of rotatable bonds is 6. The van der Waals surface area contributed by atoms with Gasteiger partial charge in [0.2, 0.25) is 0 Å². The van der Waals surface area contributed by atoms with Gasteiger partial charge in [0.25, 0.3) is 6.01 Å². The van der Waals surface area contributed by atoms with Crippen LogP contribution in [0.1, 0.15) is 5.56 Å². The van der Waals surface area contributed by atoms with Crippen LogP contribution >= 0.6 is 11.3 Å². The number of thiophene rings is 1. The third kappa shape index (κ3) is 3.23. The van der Waals surface area contributed by atoms with Crippen molar-refractivity contribution in [2.45, 2.75) is 6.54 Å². The van der Waals surface area contributed by atoms with E-state index in [4.69, 9.17) is 13.9 Å². The van der Waals surface area contributed by atoms with Crippen LogP contribution in [0.5, 0.6) is 11.5 Å². The van der Waals surface area contributed by atoms with Gasteiger partial charge in [0.05, 0.1) is 14.2 Å². The molecule has 0 amide bonds. The van der Waals surface area contributed by atoms with Crippen molar-refractivity contribution in [1.29, 1.82) is 0 Å². The first-order valence-electron chi connectivity index (χ1n) is 8.15. The molecule has 0 saturated carbocycles. The van der Waals surface area contributed by atoms with Gasteiger partial charge in [0.15, 0.2) is 5.58 Å². The standard InChI is InChI=1S/C20H18N2O3S/c1-23-16-5-3-14(19(10-16)24-2)11-21-20-22-17-9-13(4-6-18(17)25-20)15-7-8-26-12-15/h3-10,12H,11H2,1-2H3,(H,21,22). The SMILES string of the molecule is COc1ccc(CNc2nc3cc(-c4ccsc4)ccc3o2)c(OC)c1. The lowest BCUT2D eigenvalue weighted by molar-refractivity contribution is 0.391. The highest BCUT2D eigenvalue weighted by atomic mass is 32.1. The number of nitrogens with zero attached hydrogens (tertiary/aromatic N) is 1. The van der Waals surface area contributed by atoms with Crippen LogP contribution in [0, 0.1) is 0 Å². The minimum Gasteiger partial charge on any atom is -0.497 e. The van der Waals surface area contributed by atoms with Gasteiger partial charge in [-0.05, 0) is 52.2 Å². The summed E-state index contributed by atoms with van der Waals surface area (Å²) in [6.07, 6.45) is 0. The van der Waals surface area contributed by atoms with Crippen molar-refractivity contribution in [2.24, 2.45) is 0 Å². The molecule has 0 bridgehead atoms. The van der Waals surface area contributed by atoms with E-state index in [1.807, 2.05) is 36.4 Å². The molecule has 132 valence electrons. The van der Waals surface area contributed by atoms with E-state index >= 15 is 0 Å². The first-order valence-corrected chi connectivity index (χ1v) is 9.09. The van der Waals surface area contributed by atoms with Gasteiger partial charge in [-0.2, -0.15) is 16.3 Å². The van der Waals surface area contributed by atoms with Crippen molar-refractivity contribution in [3.8, 4) is 22.6 Å². The van der Waals surface area contributed by atoms with Crippen molar-refractivity contribution >= 4 is 28.5 Å². The number of hydrogen-bond donors (Lipinski definition) is 1. The normalized spacial score (nSPS) is 10.8. The monoisotopic (exact) mass is 366 g/mol. The van der Waals surface area contributed by atoms with Gasteiger partial charge < -0.3 is 19.2 Å². The van der Waals surface area contributed by atoms with Crippen molar-refractivity contribution in [1.82, 2.24) is 4.98 Å². The summed E-state index contributed by atoms with van der Waals surface area (Å²) in [6.45, 7) is 0.539. The number of aromatic nitrogens is 1. The molecule has 0 unspecified atom stereocenters. The number of benzene rings is 2. The van der Waals surface area contributed by atoms with E-state index in [2.05, 4.69) is 27.1 Å². The molecule has 6 heteroatoms. The second-order valence-corrected chi connectivity index (χ2v) is 6.52. The summed E-state index contributed by atoms with van der Waals surface area (Å²) in [4.78, 5) is 4.55. The lowest BCUT2D eigenvalue weighted by Gasteiger charge is -2.10. The van der Waals surface area contributed by atoms with Gasteiger partial charge in [-0.25, -0.2) is 0 Å². The topological polar surface area (TPSA) is 56.5 Å². The molecule has 1 N–H and O–H groups in total. The molecule has 0 radical (unpaired) electrons. The van der Waals surface area contributed by atoms with Crippen molar-refractivity contribution in [3.05, 3.63) is 58.8 Å². The van der Waals surface area contributed by atoms with Crippen molar-refractivity contribution in [3.63, 3.8) is 0 Å². The minimum atomic E-state index is 0.486. The molecule has 0 saturated heterocycles. The fraction of sp³-hybridized carbons (Fsp3) is 0.150. The quantitative estimate of drug-likeness (QED) is 0.509. The van der Waals surface area contributed by atoms with E-state index in [0.717, 1.165) is 33.7 Å². The van der Waals surface area contributed by atoms with Gasteiger partial charge >= 0.3 is 0 Å². The molecular formula is C20H18N2O3S. The molecule has 0 atom stereocenters. The van der Waals surface area contributed by atoms with Crippen LogP contribution in [-0.4, -0.2) is 19.2 Å². The van der Waals surface area contributed by atoms with E-state index in [9.17, 15) is 0 Å². The Bertz CT molecular complexity index is 1020. The highest BCUT2D eigenvalue weighted by Gasteiger charge is 2.10. The maximum Gasteiger partial charge on any atom is 0.295 e. The molecule has 26 heavy (non-hydrogen) atoms. The highest BCUT2D eigenvalue weighted by Crippen LogP contribution is 2.29. The maximum absolute atomic E-state index is 5.80. The number of fused-ring (bicyclic) bond motifs is 1. The average Bonchev–Trinajstić information content (AvgIpc) is 3.34. The van der Waals surface area contributed by atoms with Crippen molar-refractivity contribution in [2.75, 3.05) is 19.5 Å². The Balaban J connectivity index is 1.54. The maximum atomic E-state index is 5.80. The zero-order chi connectivity index (χ0) is 17.9. The van der Waals surface area contributed by atoms with E-state index in [-0.39, 0.29) is 0 Å². The van der Waals surface area contributed by atoms with Crippen molar-refractivity contribution < 1.29 is 13.9 Å². The number of nitrogens with one attached hydrogen (secondary N) is 1. The van der Waals surface area contributed by atoms with Gasteiger partial charge in [0.1, 0.15) is 17.0 Å².